The number of aliphatic imine (C=N–C) groups is 1. The number of hydrogen-bond donors (Lipinski definition) is 1. The molecule has 0 atom stereocenters. The van der Waals surface area contributed by atoms with Crippen molar-refractivity contribution >= 4 is 35.8 Å². The van der Waals surface area contributed by atoms with Crippen LogP contribution in [0, 0.1) is 5.82 Å². The van der Waals surface area contributed by atoms with Gasteiger partial charge in [0, 0.05) is 53.4 Å². The molecule has 0 unspecified atom stereocenters. The molecule has 1 amide bonds. The molecule has 1 heterocycles. The van der Waals surface area contributed by atoms with Crippen LogP contribution in [0.4, 0.5) is 4.39 Å². The molecular weight excluding hydrogens is 472 g/mol. The van der Waals surface area contributed by atoms with Gasteiger partial charge in [-0.1, -0.05) is 24.3 Å². The predicted octanol–water partition coefficient (Wildman–Crippen LogP) is 2.17. The van der Waals surface area contributed by atoms with E-state index in [1.165, 1.54) is 11.0 Å². The summed E-state index contributed by atoms with van der Waals surface area (Å²) in [5.74, 6) is 0.503. The molecule has 0 aliphatic carbocycles. The Morgan fingerprint density at radius 1 is 1.29 bits per heavy atom. The van der Waals surface area contributed by atoms with Crippen molar-refractivity contribution in [1.82, 2.24) is 20.0 Å². The molecule has 0 aromatic heterocycles. The van der Waals surface area contributed by atoms with Gasteiger partial charge in [-0.3, -0.25) is 9.69 Å². The van der Waals surface area contributed by atoms with Gasteiger partial charge in [-0.05, 0) is 24.6 Å². The molecule has 28 heavy (non-hydrogen) atoms. The number of carbonyl (C=O) groups is 1. The van der Waals surface area contributed by atoms with Gasteiger partial charge in [0.2, 0.25) is 5.91 Å². The molecule has 1 aliphatic rings. The van der Waals surface area contributed by atoms with Crippen LogP contribution in [-0.2, 0) is 11.3 Å². The fourth-order valence-electron chi connectivity index (χ4n) is 2.79. The van der Waals surface area contributed by atoms with Crippen LogP contribution < -0.4 is 5.32 Å². The lowest BCUT2D eigenvalue weighted by Gasteiger charge is -2.36. The van der Waals surface area contributed by atoms with Crippen molar-refractivity contribution in [3.63, 3.8) is 0 Å². The van der Waals surface area contributed by atoms with Crippen molar-refractivity contribution in [2.75, 3.05) is 53.4 Å². The van der Waals surface area contributed by atoms with Gasteiger partial charge < -0.3 is 15.1 Å². The van der Waals surface area contributed by atoms with Gasteiger partial charge in [-0.2, -0.15) is 0 Å². The highest BCUT2D eigenvalue weighted by atomic mass is 127. The SMILES string of the molecule is C=C(C)CNC(=NCC(=O)N(C)C)N1CCN(Cc2cccc(F)c2)CC1.I. The van der Waals surface area contributed by atoms with E-state index >= 15 is 0 Å². The van der Waals surface area contributed by atoms with E-state index < -0.39 is 0 Å². The van der Waals surface area contributed by atoms with Crippen LogP contribution in [0.1, 0.15) is 12.5 Å². The lowest BCUT2D eigenvalue weighted by Crippen LogP contribution is -2.52. The average Bonchev–Trinajstić information content (AvgIpc) is 2.62. The molecule has 2 rings (SSSR count). The molecule has 1 N–H and O–H groups in total. The summed E-state index contributed by atoms with van der Waals surface area (Å²) in [6, 6.07) is 6.74. The zero-order chi connectivity index (χ0) is 19.8. The number of halogens is 2. The summed E-state index contributed by atoms with van der Waals surface area (Å²) in [5, 5.41) is 3.29. The summed E-state index contributed by atoms with van der Waals surface area (Å²) in [4.78, 5) is 22.4. The van der Waals surface area contributed by atoms with E-state index in [4.69, 9.17) is 0 Å². The molecule has 0 radical (unpaired) electrons. The van der Waals surface area contributed by atoms with Gasteiger partial charge in [0.1, 0.15) is 12.4 Å². The van der Waals surface area contributed by atoms with Crippen LogP contribution in [0.15, 0.2) is 41.4 Å². The van der Waals surface area contributed by atoms with Crippen molar-refractivity contribution in [1.29, 1.82) is 0 Å². The van der Waals surface area contributed by atoms with Crippen molar-refractivity contribution < 1.29 is 9.18 Å². The van der Waals surface area contributed by atoms with Crippen molar-refractivity contribution in [3.05, 3.63) is 47.8 Å². The Labute approximate surface area is 184 Å². The first-order valence-electron chi connectivity index (χ1n) is 9.19. The fraction of sp³-hybridized carbons (Fsp3) is 0.500. The first-order valence-corrected chi connectivity index (χ1v) is 9.19. The minimum atomic E-state index is -0.199. The highest BCUT2D eigenvalue weighted by Crippen LogP contribution is 2.10. The zero-order valence-electron chi connectivity index (χ0n) is 16.9. The minimum Gasteiger partial charge on any atom is -0.353 e. The van der Waals surface area contributed by atoms with Gasteiger partial charge in [0.25, 0.3) is 0 Å². The van der Waals surface area contributed by atoms with Gasteiger partial charge in [-0.15, -0.1) is 24.0 Å². The summed E-state index contributed by atoms with van der Waals surface area (Å²) in [6.45, 7) is 10.6. The van der Waals surface area contributed by atoms with Crippen LogP contribution in [0.5, 0.6) is 0 Å². The topological polar surface area (TPSA) is 51.2 Å². The highest BCUT2D eigenvalue weighted by Gasteiger charge is 2.20. The third-order valence-electron chi connectivity index (χ3n) is 4.38. The number of benzene rings is 1. The predicted molar refractivity (Wildman–Crippen MR) is 122 cm³/mol. The van der Waals surface area contributed by atoms with Crippen LogP contribution >= 0.6 is 24.0 Å². The maximum atomic E-state index is 13.4. The van der Waals surface area contributed by atoms with Gasteiger partial charge >= 0.3 is 0 Å². The number of nitrogens with one attached hydrogen (secondary N) is 1. The van der Waals surface area contributed by atoms with Gasteiger partial charge in [0.05, 0.1) is 0 Å². The number of amides is 1. The lowest BCUT2D eigenvalue weighted by molar-refractivity contribution is -0.127. The Morgan fingerprint density at radius 3 is 2.54 bits per heavy atom. The first kappa shape index (κ1) is 24.4. The third kappa shape index (κ3) is 8.14. The number of piperazine rings is 1. The van der Waals surface area contributed by atoms with Crippen molar-refractivity contribution in [2.24, 2.45) is 4.99 Å². The zero-order valence-corrected chi connectivity index (χ0v) is 19.3. The van der Waals surface area contributed by atoms with E-state index in [2.05, 4.69) is 26.7 Å². The van der Waals surface area contributed by atoms with E-state index in [1.807, 2.05) is 13.0 Å². The van der Waals surface area contributed by atoms with Crippen molar-refractivity contribution in [3.8, 4) is 0 Å². The lowest BCUT2D eigenvalue weighted by atomic mass is 10.2. The summed E-state index contributed by atoms with van der Waals surface area (Å²) in [6.07, 6.45) is 0. The molecule has 1 aliphatic heterocycles. The standard InChI is InChI=1S/C20H30FN5O.HI/c1-16(2)13-22-20(23-14-19(27)24(3)4)26-10-8-25(9-11-26)15-17-6-5-7-18(21)12-17;/h5-7,12H,1,8-11,13-15H2,2-4H3,(H,22,23);1H. The number of likely N-dealkylation sites (N-methyl/N-ethyl adjacent to an activating group) is 1. The number of nitrogens with zero attached hydrogens (tertiary/aromatic N) is 4. The van der Waals surface area contributed by atoms with E-state index in [0.717, 1.165) is 49.8 Å². The monoisotopic (exact) mass is 503 g/mol. The Hall–Kier alpha value is -1.68. The first-order chi connectivity index (χ1) is 12.8. The molecule has 0 saturated carbocycles. The number of rotatable bonds is 6. The summed E-state index contributed by atoms with van der Waals surface area (Å²) >= 11 is 0. The van der Waals surface area contributed by atoms with Crippen LogP contribution in [0.25, 0.3) is 0 Å². The molecule has 6 nitrogen and oxygen atoms in total. The Bertz CT molecular complexity index is 687. The maximum absolute atomic E-state index is 13.4. The Morgan fingerprint density at radius 2 is 1.96 bits per heavy atom. The molecule has 1 fully saturated rings. The third-order valence-corrected chi connectivity index (χ3v) is 4.38. The van der Waals surface area contributed by atoms with Crippen LogP contribution in [0.3, 0.4) is 0 Å². The molecule has 8 heteroatoms. The summed E-state index contributed by atoms with van der Waals surface area (Å²) in [7, 11) is 3.45. The molecular formula is C20H31FIN5O. The van der Waals surface area contributed by atoms with Gasteiger partial charge in [0.15, 0.2) is 5.96 Å². The van der Waals surface area contributed by atoms with Gasteiger partial charge in [-0.25, -0.2) is 9.38 Å². The van der Waals surface area contributed by atoms with E-state index in [0.29, 0.717) is 6.54 Å². The minimum absolute atomic E-state index is 0. The molecule has 1 aromatic carbocycles. The van der Waals surface area contributed by atoms with E-state index in [-0.39, 0.29) is 42.2 Å². The number of carbonyl (C=O) groups excluding carboxylic acids is 1. The smallest absolute Gasteiger partial charge is 0.243 e. The van der Waals surface area contributed by atoms with E-state index in [1.54, 1.807) is 26.2 Å². The number of guanidine groups is 1. The highest BCUT2D eigenvalue weighted by molar-refractivity contribution is 14.0. The Balaban J connectivity index is 0.00000392. The van der Waals surface area contributed by atoms with E-state index in [9.17, 15) is 9.18 Å². The summed E-state index contributed by atoms with van der Waals surface area (Å²) < 4.78 is 13.4. The second-order valence-electron chi connectivity index (χ2n) is 7.13. The quantitative estimate of drug-likeness (QED) is 0.280. The second kappa shape index (κ2) is 12.0. The maximum Gasteiger partial charge on any atom is 0.243 e. The fourth-order valence-corrected chi connectivity index (χ4v) is 2.79. The summed E-state index contributed by atoms with van der Waals surface area (Å²) in [5.41, 5.74) is 1.99. The largest absolute Gasteiger partial charge is 0.353 e. The Kier molecular flexibility index (Phi) is 10.4. The normalized spacial score (nSPS) is 15.0. The molecule has 0 bridgehead atoms. The van der Waals surface area contributed by atoms with Crippen LogP contribution in [0.2, 0.25) is 0 Å². The molecule has 0 spiro atoms. The second-order valence-corrected chi connectivity index (χ2v) is 7.13. The average molecular weight is 503 g/mol. The molecule has 1 saturated heterocycles. The van der Waals surface area contributed by atoms with Crippen molar-refractivity contribution in [2.45, 2.75) is 13.5 Å². The molecule has 1 aromatic rings. The molecule has 156 valence electrons. The van der Waals surface area contributed by atoms with Crippen LogP contribution in [-0.4, -0.2) is 79.9 Å². The number of hydrogen-bond acceptors (Lipinski definition) is 3.